The highest BCUT2D eigenvalue weighted by atomic mass is 35.5. The van der Waals surface area contributed by atoms with Gasteiger partial charge < -0.3 is 20.3 Å². The zero-order valence-electron chi connectivity index (χ0n) is 11.7. The molecule has 0 spiro atoms. The number of phenols is 2. The van der Waals surface area contributed by atoms with E-state index in [1.54, 1.807) is 6.07 Å². The molecule has 1 heterocycles. The van der Waals surface area contributed by atoms with Crippen LogP contribution in [0.1, 0.15) is 18.4 Å². The van der Waals surface area contributed by atoms with Gasteiger partial charge in [0.15, 0.2) is 11.5 Å². The predicted octanol–water partition coefficient (Wildman–Crippen LogP) is 1.95. The fourth-order valence-electron chi connectivity index (χ4n) is 2.11. The summed E-state index contributed by atoms with van der Waals surface area (Å²) in [5.41, 5.74) is 0.211. The van der Waals surface area contributed by atoms with E-state index in [0.717, 1.165) is 12.8 Å². The maximum absolute atomic E-state index is 12.0. The number of phenolic OH excluding ortho intramolecular Hbond substituents is 2. The van der Waals surface area contributed by atoms with Crippen molar-refractivity contribution in [3.05, 3.63) is 28.3 Å². The average Bonchev–Trinajstić information content (AvgIpc) is 3.01. The van der Waals surface area contributed by atoms with E-state index in [4.69, 9.17) is 21.6 Å². The number of hydrogen-bond donors (Lipinski definition) is 3. The molecule has 1 saturated heterocycles. The number of aromatic hydroxyl groups is 2. The summed E-state index contributed by atoms with van der Waals surface area (Å²) in [6, 6.07) is 4.36. The molecule has 2 rings (SSSR count). The van der Waals surface area contributed by atoms with Crippen molar-refractivity contribution in [2.24, 2.45) is 0 Å². The number of nitrogens with one attached hydrogen (secondary N) is 1. The van der Waals surface area contributed by atoms with Crippen molar-refractivity contribution in [3.63, 3.8) is 0 Å². The SMILES string of the molecule is N#C/C(=C\c1cc(O)c(O)c(Cl)c1)C(=O)NC[C@@H]1CCCO1. The number of amides is 1. The molecule has 1 aliphatic heterocycles. The van der Waals surface area contributed by atoms with Crippen LogP contribution in [0.3, 0.4) is 0 Å². The van der Waals surface area contributed by atoms with Gasteiger partial charge in [0.1, 0.15) is 11.6 Å². The maximum Gasteiger partial charge on any atom is 0.262 e. The third kappa shape index (κ3) is 3.91. The highest BCUT2D eigenvalue weighted by Crippen LogP contribution is 2.34. The summed E-state index contributed by atoms with van der Waals surface area (Å²) in [6.07, 6.45) is 3.12. The van der Waals surface area contributed by atoms with Crippen molar-refractivity contribution >= 4 is 23.6 Å². The Labute approximate surface area is 132 Å². The number of rotatable bonds is 4. The van der Waals surface area contributed by atoms with E-state index in [1.807, 2.05) is 0 Å². The molecular weight excluding hydrogens is 308 g/mol. The predicted molar refractivity (Wildman–Crippen MR) is 80.4 cm³/mol. The summed E-state index contributed by atoms with van der Waals surface area (Å²) in [4.78, 5) is 12.0. The molecule has 0 bridgehead atoms. The van der Waals surface area contributed by atoms with Gasteiger partial charge in [-0.25, -0.2) is 0 Å². The molecule has 7 heteroatoms. The first-order chi connectivity index (χ1) is 10.5. The highest BCUT2D eigenvalue weighted by molar-refractivity contribution is 6.32. The van der Waals surface area contributed by atoms with Gasteiger partial charge in [0.05, 0.1) is 11.1 Å². The van der Waals surface area contributed by atoms with Crippen LogP contribution >= 0.6 is 11.6 Å². The molecule has 1 aromatic rings. The minimum atomic E-state index is -0.526. The lowest BCUT2D eigenvalue weighted by Gasteiger charge is -2.10. The van der Waals surface area contributed by atoms with Gasteiger partial charge in [-0.3, -0.25) is 4.79 Å². The number of benzene rings is 1. The van der Waals surface area contributed by atoms with Gasteiger partial charge in [-0.1, -0.05) is 11.6 Å². The molecule has 3 N–H and O–H groups in total. The Morgan fingerprint density at radius 3 is 2.91 bits per heavy atom. The first-order valence-corrected chi connectivity index (χ1v) is 7.12. The third-order valence-corrected chi connectivity index (χ3v) is 3.54. The number of carbonyl (C=O) groups excluding carboxylic acids is 1. The lowest BCUT2D eigenvalue weighted by atomic mass is 10.1. The zero-order chi connectivity index (χ0) is 16.1. The van der Waals surface area contributed by atoms with E-state index < -0.39 is 17.4 Å². The number of hydrogen-bond acceptors (Lipinski definition) is 5. The first-order valence-electron chi connectivity index (χ1n) is 6.74. The van der Waals surface area contributed by atoms with Gasteiger partial charge in [0.2, 0.25) is 0 Å². The molecule has 1 fully saturated rings. The second-order valence-electron chi connectivity index (χ2n) is 4.89. The Morgan fingerprint density at radius 1 is 1.55 bits per heavy atom. The molecule has 0 aromatic heterocycles. The summed E-state index contributed by atoms with van der Waals surface area (Å²) < 4.78 is 5.38. The smallest absolute Gasteiger partial charge is 0.262 e. The molecule has 0 unspecified atom stereocenters. The fraction of sp³-hybridized carbons (Fsp3) is 0.333. The van der Waals surface area contributed by atoms with Gasteiger partial charge in [-0.15, -0.1) is 0 Å². The van der Waals surface area contributed by atoms with E-state index in [1.165, 1.54) is 18.2 Å². The average molecular weight is 323 g/mol. The molecule has 0 saturated carbocycles. The molecular formula is C15H15ClN2O4. The van der Waals surface area contributed by atoms with Gasteiger partial charge in [-0.2, -0.15) is 5.26 Å². The van der Waals surface area contributed by atoms with E-state index in [9.17, 15) is 15.0 Å². The minimum Gasteiger partial charge on any atom is -0.504 e. The second-order valence-corrected chi connectivity index (χ2v) is 5.29. The van der Waals surface area contributed by atoms with Crippen LogP contribution in [0.5, 0.6) is 11.5 Å². The Hall–Kier alpha value is -2.23. The molecule has 22 heavy (non-hydrogen) atoms. The Bertz CT molecular complexity index is 622. The van der Waals surface area contributed by atoms with Crippen molar-refractivity contribution in [2.75, 3.05) is 13.2 Å². The number of ether oxygens (including phenoxy) is 1. The van der Waals surface area contributed by atoms with Crippen LogP contribution < -0.4 is 5.32 Å². The third-order valence-electron chi connectivity index (χ3n) is 3.26. The summed E-state index contributed by atoms with van der Waals surface area (Å²) in [5.74, 6) is -1.39. The van der Waals surface area contributed by atoms with Crippen molar-refractivity contribution in [2.45, 2.75) is 18.9 Å². The number of nitriles is 1. The van der Waals surface area contributed by atoms with Gasteiger partial charge in [0.25, 0.3) is 5.91 Å². The summed E-state index contributed by atoms with van der Waals surface area (Å²) in [7, 11) is 0. The molecule has 1 aromatic carbocycles. The molecule has 116 valence electrons. The molecule has 0 radical (unpaired) electrons. The summed E-state index contributed by atoms with van der Waals surface area (Å²) in [6.45, 7) is 1.03. The van der Waals surface area contributed by atoms with E-state index in [2.05, 4.69) is 5.32 Å². The summed E-state index contributed by atoms with van der Waals surface area (Å²) in [5, 5.41) is 30.5. The summed E-state index contributed by atoms with van der Waals surface area (Å²) >= 11 is 5.73. The first kappa shape index (κ1) is 16.1. The molecule has 1 atom stereocenters. The molecule has 1 amide bonds. The normalized spacial score (nSPS) is 18.0. The topological polar surface area (TPSA) is 103 Å². The minimum absolute atomic E-state index is 0.0175. The Morgan fingerprint density at radius 2 is 2.32 bits per heavy atom. The van der Waals surface area contributed by atoms with Crippen LogP contribution in [0.15, 0.2) is 17.7 Å². The van der Waals surface area contributed by atoms with Crippen LogP contribution in [-0.2, 0) is 9.53 Å². The highest BCUT2D eigenvalue weighted by Gasteiger charge is 2.17. The number of carbonyl (C=O) groups is 1. The van der Waals surface area contributed by atoms with Crippen molar-refractivity contribution in [1.82, 2.24) is 5.32 Å². The number of halogens is 1. The van der Waals surface area contributed by atoms with Crippen LogP contribution in [0.2, 0.25) is 5.02 Å². The van der Waals surface area contributed by atoms with Crippen LogP contribution in [0.4, 0.5) is 0 Å². The zero-order valence-corrected chi connectivity index (χ0v) is 12.4. The quantitative estimate of drug-likeness (QED) is 0.446. The van der Waals surface area contributed by atoms with Gasteiger partial charge in [0, 0.05) is 13.2 Å². The van der Waals surface area contributed by atoms with Gasteiger partial charge >= 0.3 is 0 Å². The van der Waals surface area contributed by atoms with Crippen molar-refractivity contribution < 1.29 is 19.7 Å². The number of nitrogens with zero attached hydrogens (tertiary/aromatic N) is 1. The van der Waals surface area contributed by atoms with Crippen molar-refractivity contribution in [3.8, 4) is 17.6 Å². The fourth-order valence-corrected chi connectivity index (χ4v) is 2.33. The Balaban J connectivity index is 2.09. The van der Waals surface area contributed by atoms with E-state index in [-0.39, 0.29) is 16.7 Å². The van der Waals surface area contributed by atoms with E-state index in [0.29, 0.717) is 18.7 Å². The van der Waals surface area contributed by atoms with E-state index >= 15 is 0 Å². The van der Waals surface area contributed by atoms with Crippen LogP contribution in [0, 0.1) is 11.3 Å². The maximum atomic E-state index is 12.0. The molecule has 6 nitrogen and oxygen atoms in total. The lowest BCUT2D eigenvalue weighted by molar-refractivity contribution is -0.117. The monoisotopic (exact) mass is 322 g/mol. The van der Waals surface area contributed by atoms with Gasteiger partial charge in [-0.05, 0) is 36.6 Å². The molecule has 1 aliphatic rings. The van der Waals surface area contributed by atoms with Crippen LogP contribution in [-0.4, -0.2) is 35.4 Å². The van der Waals surface area contributed by atoms with Crippen LogP contribution in [0.25, 0.3) is 6.08 Å². The standard InChI is InChI=1S/C15H15ClN2O4/c16-12-5-9(6-13(19)14(12)20)4-10(7-17)15(21)18-8-11-2-1-3-22-11/h4-6,11,19-20H,1-3,8H2,(H,18,21)/b10-4+/t11-/m0/s1. The Kier molecular flexibility index (Phi) is 5.26. The second kappa shape index (κ2) is 7.16. The van der Waals surface area contributed by atoms with Crippen molar-refractivity contribution in [1.29, 1.82) is 5.26 Å². The molecule has 0 aliphatic carbocycles. The largest absolute Gasteiger partial charge is 0.504 e. The lowest BCUT2D eigenvalue weighted by Crippen LogP contribution is -2.32.